The van der Waals surface area contributed by atoms with Gasteiger partial charge >= 0.3 is 0 Å². The molecule has 8 heteroatoms. The standard InChI is InChI=1S/C18H18BrN3O4/c1-11(21-18(25)13-7-3-4-8-14(13)19)17(24)22-20-10-12-6-5-9-15(26-2)16(12)23/h3-11,23H,1-2H3,(H,21,25)(H,22,24)/b20-10+. The molecule has 1 atom stereocenters. The lowest BCUT2D eigenvalue weighted by atomic mass is 10.2. The van der Waals surface area contributed by atoms with Gasteiger partial charge in [-0.3, -0.25) is 9.59 Å². The average molecular weight is 420 g/mol. The summed E-state index contributed by atoms with van der Waals surface area (Å²) in [5, 5.41) is 16.3. The number of carbonyl (C=O) groups excluding carboxylic acids is 2. The van der Waals surface area contributed by atoms with Gasteiger partial charge < -0.3 is 15.2 Å². The topological polar surface area (TPSA) is 100 Å². The zero-order valence-electron chi connectivity index (χ0n) is 14.2. The molecule has 3 N–H and O–H groups in total. The molecular weight excluding hydrogens is 402 g/mol. The summed E-state index contributed by atoms with van der Waals surface area (Å²) in [6, 6.07) is 11.0. The number of aromatic hydroxyl groups is 1. The summed E-state index contributed by atoms with van der Waals surface area (Å²) in [5.41, 5.74) is 3.13. The third-order valence-electron chi connectivity index (χ3n) is 3.49. The van der Waals surface area contributed by atoms with E-state index in [1.54, 1.807) is 49.4 Å². The highest BCUT2D eigenvalue weighted by molar-refractivity contribution is 9.10. The number of nitrogens with one attached hydrogen (secondary N) is 2. The first-order valence-corrected chi connectivity index (χ1v) is 8.47. The Morgan fingerprint density at radius 2 is 1.96 bits per heavy atom. The Bertz CT molecular complexity index is 839. The van der Waals surface area contributed by atoms with Crippen molar-refractivity contribution in [3.8, 4) is 11.5 Å². The average Bonchev–Trinajstić information content (AvgIpc) is 2.63. The van der Waals surface area contributed by atoms with Gasteiger partial charge in [0, 0.05) is 10.0 Å². The molecule has 7 nitrogen and oxygen atoms in total. The largest absolute Gasteiger partial charge is 0.504 e. The molecule has 0 bridgehead atoms. The van der Waals surface area contributed by atoms with Crippen molar-refractivity contribution >= 4 is 34.0 Å². The summed E-state index contributed by atoms with van der Waals surface area (Å²) in [5.74, 6) is -0.656. The molecule has 0 heterocycles. The second kappa shape index (κ2) is 9.00. The summed E-state index contributed by atoms with van der Waals surface area (Å²) in [4.78, 5) is 24.2. The second-order valence-electron chi connectivity index (χ2n) is 5.31. The molecular formula is C18H18BrN3O4. The number of amides is 2. The highest BCUT2D eigenvalue weighted by atomic mass is 79.9. The van der Waals surface area contributed by atoms with Gasteiger partial charge in [0.25, 0.3) is 11.8 Å². The monoisotopic (exact) mass is 419 g/mol. The quantitative estimate of drug-likeness (QED) is 0.494. The molecule has 2 aromatic carbocycles. The molecule has 136 valence electrons. The van der Waals surface area contributed by atoms with Crippen LogP contribution in [0.5, 0.6) is 11.5 Å². The number of benzene rings is 2. The van der Waals surface area contributed by atoms with Crippen LogP contribution in [-0.2, 0) is 4.79 Å². The van der Waals surface area contributed by atoms with Crippen molar-refractivity contribution in [2.75, 3.05) is 7.11 Å². The summed E-state index contributed by atoms with van der Waals surface area (Å²) in [6.45, 7) is 1.54. The van der Waals surface area contributed by atoms with E-state index in [-0.39, 0.29) is 11.7 Å². The number of nitrogens with zero attached hydrogens (tertiary/aromatic N) is 1. The highest BCUT2D eigenvalue weighted by Crippen LogP contribution is 2.27. The first kappa shape index (κ1) is 19.5. The number of hydrogen-bond acceptors (Lipinski definition) is 5. The molecule has 1 unspecified atom stereocenters. The van der Waals surface area contributed by atoms with Crippen molar-refractivity contribution < 1.29 is 19.4 Å². The Morgan fingerprint density at radius 3 is 2.65 bits per heavy atom. The fourth-order valence-electron chi connectivity index (χ4n) is 2.06. The molecule has 0 spiro atoms. The van der Waals surface area contributed by atoms with Gasteiger partial charge in [0.15, 0.2) is 11.5 Å². The van der Waals surface area contributed by atoms with E-state index >= 15 is 0 Å². The van der Waals surface area contributed by atoms with Crippen molar-refractivity contribution in [1.29, 1.82) is 0 Å². The molecule has 2 amide bonds. The van der Waals surface area contributed by atoms with E-state index in [2.05, 4.69) is 31.8 Å². The van der Waals surface area contributed by atoms with Crippen LogP contribution in [0, 0.1) is 0 Å². The van der Waals surface area contributed by atoms with Crippen molar-refractivity contribution in [3.05, 3.63) is 58.1 Å². The van der Waals surface area contributed by atoms with Crippen molar-refractivity contribution in [2.24, 2.45) is 5.10 Å². The molecule has 2 aromatic rings. The maximum Gasteiger partial charge on any atom is 0.262 e. The number of ether oxygens (including phenoxy) is 1. The Labute approximate surface area is 159 Å². The van der Waals surface area contributed by atoms with E-state index in [1.165, 1.54) is 13.3 Å². The van der Waals surface area contributed by atoms with Crippen LogP contribution in [0.3, 0.4) is 0 Å². The Balaban J connectivity index is 1.95. The predicted octanol–water partition coefficient (Wildman–Crippen LogP) is 2.43. The first-order chi connectivity index (χ1) is 12.4. The van der Waals surface area contributed by atoms with Gasteiger partial charge in [0.1, 0.15) is 6.04 Å². The van der Waals surface area contributed by atoms with Crippen LogP contribution in [0.15, 0.2) is 52.0 Å². The number of phenols is 1. The molecule has 0 saturated carbocycles. The Kier molecular flexibility index (Phi) is 6.74. The number of para-hydroxylation sites is 1. The van der Waals surface area contributed by atoms with Crippen LogP contribution in [0.2, 0.25) is 0 Å². The molecule has 0 radical (unpaired) electrons. The summed E-state index contributed by atoms with van der Waals surface area (Å²) >= 11 is 3.29. The van der Waals surface area contributed by atoms with E-state index in [1.807, 2.05) is 0 Å². The summed E-state index contributed by atoms with van der Waals surface area (Å²) in [7, 11) is 1.44. The molecule has 2 rings (SSSR count). The van der Waals surface area contributed by atoms with Crippen LogP contribution in [-0.4, -0.2) is 36.3 Å². The van der Waals surface area contributed by atoms with Crippen molar-refractivity contribution in [2.45, 2.75) is 13.0 Å². The zero-order valence-corrected chi connectivity index (χ0v) is 15.8. The van der Waals surface area contributed by atoms with Gasteiger partial charge in [0.2, 0.25) is 0 Å². The van der Waals surface area contributed by atoms with E-state index < -0.39 is 11.9 Å². The molecule has 0 saturated heterocycles. The van der Waals surface area contributed by atoms with Gasteiger partial charge in [-0.15, -0.1) is 0 Å². The van der Waals surface area contributed by atoms with Gasteiger partial charge in [0.05, 0.1) is 18.9 Å². The number of methoxy groups -OCH3 is 1. The molecule has 0 aliphatic carbocycles. The number of phenolic OH excluding ortho intramolecular Hbond substituents is 1. The number of rotatable bonds is 6. The Morgan fingerprint density at radius 1 is 1.23 bits per heavy atom. The van der Waals surface area contributed by atoms with Crippen molar-refractivity contribution in [1.82, 2.24) is 10.7 Å². The maximum absolute atomic E-state index is 12.2. The number of hydrogen-bond donors (Lipinski definition) is 3. The van der Waals surface area contributed by atoms with Crippen LogP contribution in [0.25, 0.3) is 0 Å². The fraction of sp³-hybridized carbons (Fsp3) is 0.167. The van der Waals surface area contributed by atoms with Crippen LogP contribution < -0.4 is 15.5 Å². The zero-order chi connectivity index (χ0) is 19.1. The Hall–Kier alpha value is -2.87. The smallest absolute Gasteiger partial charge is 0.262 e. The maximum atomic E-state index is 12.2. The second-order valence-corrected chi connectivity index (χ2v) is 6.16. The van der Waals surface area contributed by atoms with Crippen LogP contribution in [0.4, 0.5) is 0 Å². The molecule has 26 heavy (non-hydrogen) atoms. The molecule has 0 fully saturated rings. The predicted molar refractivity (Wildman–Crippen MR) is 101 cm³/mol. The van der Waals surface area contributed by atoms with Crippen LogP contribution >= 0.6 is 15.9 Å². The fourth-order valence-corrected chi connectivity index (χ4v) is 2.52. The SMILES string of the molecule is COc1cccc(/C=N/NC(=O)C(C)NC(=O)c2ccccc2Br)c1O. The summed E-state index contributed by atoms with van der Waals surface area (Å²) < 4.78 is 5.63. The number of carbonyl (C=O) groups is 2. The lowest BCUT2D eigenvalue weighted by Crippen LogP contribution is -2.43. The lowest BCUT2D eigenvalue weighted by molar-refractivity contribution is -0.122. The van der Waals surface area contributed by atoms with Gasteiger partial charge in [-0.05, 0) is 47.1 Å². The molecule has 0 aliphatic heterocycles. The summed E-state index contributed by atoms with van der Waals surface area (Å²) in [6.07, 6.45) is 1.29. The third-order valence-corrected chi connectivity index (χ3v) is 4.18. The lowest BCUT2D eigenvalue weighted by Gasteiger charge is -2.13. The normalized spacial score (nSPS) is 11.8. The number of hydrazone groups is 1. The minimum atomic E-state index is -0.800. The minimum Gasteiger partial charge on any atom is -0.504 e. The van der Waals surface area contributed by atoms with Gasteiger partial charge in [-0.25, -0.2) is 5.43 Å². The first-order valence-electron chi connectivity index (χ1n) is 7.68. The number of halogens is 1. The van der Waals surface area contributed by atoms with Gasteiger partial charge in [-0.2, -0.15) is 5.10 Å². The molecule has 0 aromatic heterocycles. The molecule has 0 aliphatic rings. The van der Waals surface area contributed by atoms with E-state index in [4.69, 9.17) is 4.74 Å². The van der Waals surface area contributed by atoms with Crippen LogP contribution in [0.1, 0.15) is 22.8 Å². The van der Waals surface area contributed by atoms with Crippen molar-refractivity contribution in [3.63, 3.8) is 0 Å². The highest BCUT2D eigenvalue weighted by Gasteiger charge is 2.17. The third kappa shape index (κ3) is 4.82. The van der Waals surface area contributed by atoms with E-state index in [0.29, 0.717) is 21.3 Å². The van der Waals surface area contributed by atoms with E-state index in [0.717, 1.165) is 0 Å². The minimum absolute atomic E-state index is 0.0803. The van der Waals surface area contributed by atoms with Gasteiger partial charge in [-0.1, -0.05) is 18.2 Å². The van der Waals surface area contributed by atoms with E-state index in [9.17, 15) is 14.7 Å².